The van der Waals surface area contributed by atoms with Crippen LogP contribution in [0.4, 0.5) is 0 Å². The topological polar surface area (TPSA) is 104 Å². The first kappa shape index (κ1) is 21.3. The molecule has 2 aromatic carbocycles. The summed E-state index contributed by atoms with van der Waals surface area (Å²) in [7, 11) is 0. The van der Waals surface area contributed by atoms with Gasteiger partial charge in [-0.3, -0.25) is 4.79 Å². The van der Waals surface area contributed by atoms with Gasteiger partial charge in [0.2, 0.25) is 0 Å². The summed E-state index contributed by atoms with van der Waals surface area (Å²) >= 11 is 0. The minimum absolute atomic E-state index is 0.0864. The molecular weight excluding hydrogens is 360 g/mol. The van der Waals surface area contributed by atoms with Gasteiger partial charge in [-0.05, 0) is 25.5 Å². The van der Waals surface area contributed by atoms with Gasteiger partial charge in [0.05, 0.1) is 17.6 Å². The van der Waals surface area contributed by atoms with E-state index in [1.54, 1.807) is 18.3 Å². The summed E-state index contributed by atoms with van der Waals surface area (Å²) in [6.45, 7) is 4.00. The molecule has 1 heterocycles. The number of Topliss-reactive ketones (excluding diaryl/α,β-unsaturated/α-hetero) is 1. The van der Waals surface area contributed by atoms with Crippen LogP contribution in [0.15, 0.2) is 60.8 Å². The minimum atomic E-state index is -0.612. The number of nitrogens with one attached hydrogen (secondary N) is 2. The lowest BCUT2D eigenvalue weighted by Gasteiger charge is -2.02. The van der Waals surface area contributed by atoms with Gasteiger partial charge in [-0.2, -0.15) is 10.5 Å². The molecule has 3 rings (SSSR count). The fourth-order valence-corrected chi connectivity index (χ4v) is 2.56. The van der Waals surface area contributed by atoms with E-state index in [0.717, 1.165) is 23.0 Å². The van der Waals surface area contributed by atoms with Crippen molar-refractivity contribution in [1.29, 1.82) is 15.9 Å². The Morgan fingerprint density at radius 1 is 1.07 bits per heavy atom. The van der Waals surface area contributed by atoms with Crippen molar-refractivity contribution in [2.45, 2.75) is 20.3 Å². The molecule has 0 aliphatic rings. The van der Waals surface area contributed by atoms with Crippen LogP contribution in [-0.2, 0) is 0 Å². The molecule has 0 spiro atoms. The molecule has 5 heteroatoms. The summed E-state index contributed by atoms with van der Waals surface area (Å²) in [6.07, 6.45) is 2.81. The molecule has 0 amide bonds. The van der Waals surface area contributed by atoms with Gasteiger partial charge in [0, 0.05) is 30.1 Å². The third-order valence-corrected chi connectivity index (χ3v) is 4.32. The quantitative estimate of drug-likeness (QED) is 0.467. The van der Waals surface area contributed by atoms with Gasteiger partial charge in [-0.15, -0.1) is 0 Å². The largest absolute Gasteiger partial charge is 0.360 e. The Balaban J connectivity index is 0.000000207. The molecule has 0 bridgehead atoms. The molecule has 3 aromatic rings. The third-order valence-electron chi connectivity index (χ3n) is 4.32. The highest BCUT2D eigenvalue weighted by Crippen LogP contribution is 2.19. The van der Waals surface area contributed by atoms with Crippen LogP contribution in [0.3, 0.4) is 0 Å². The Labute approximate surface area is 170 Å². The summed E-state index contributed by atoms with van der Waals surface area (Å²) in [5, 5.41) is 24.2. The zero-order valence-corrected chi connectivity index (χ0v) is 16.4. The van der Waals surface area contributed by atoms with Crippen molar-refractivity contribution >= 4 is 12.0 Å². The van der Waals surface area contributed by atoms with E-state index >= 15 is 0 Å². The van der Waals surface area contributed by atoms with Gasteiger partial charge >= 0.3 is 0 Å². The van der Waals surface area contributed by atoms with Gasteiger partial charge < -0.3 is 10.4 Å². The third kappa shape index (κ3) is 6.30. The van der Waals surface area contributed by atoms with Crippen LogP contribution in [0.1, 0.15) is 33.5 Å². The summed E-state index contributed by atoms with van der Waals surface area (Å²) in [5.74, 6) is -0.705. The number of nitriles is 2. The van der Waals surface area contributed by atoms with Crippen LogP contribution >= 0.6 is 0 Å². The number of benzene rings is 2. The van der Waals surface area contributed by atoms with Gasteiger partial charge in [0.25, 0.3) is 0 Å². The van der Waals surface area contributed by atoms with Crippen LogP contribution in [0.2, 0.25) is 0 Å². The Bertz CT molecular complexity index is 1050. The Kier molecular flexibility index (Phi) is 7.65. The maximum absolute atomic E-state index is 11.6. The van der Waals surface area contributed by atoms with Crippen molar-refractivity contribution in [3.05, 3.63) is 83.0 Å². The fourth-order valence-electron chi connectivity index (χ4n) is 2.56. The number of hydrogen-bond acceptors (Lipinski definition) is 4. The molecule has 0 radical (unpaired) electrons. The summed E-state index contributed by atoms with van der Waals surface area (Å²) in [5.41, 5.74) is 5.69. The SMILES string of the molecule is Cc1ccc(-c2cc(C#N)c[nH]2)cc1.Cc1ccc(C(=O)CC(C#N)C=N)cc1. The maximum atomic E-state index is 11.6. The second kappa shape index (κ2) is 10.4. The van der Waals surface area contributed by atoms with Crippen molar-refractivity contribution < 1.29 is 4.79 Å². The number of rotatable bonds is 5. The van der Waals surface area contributed by atoms with E-state index in [9.17, 15) is 4.79 Å². The predicted molar refractivity (Wildman–Crippen MR) is 114 cm³/mol. The monoisotopic (exact) mass is 382 g/mol. The van der Waals surface area contributed by atoms with Crippen LogP contribution < -0.4 is 0 Å². The Hall–Kier alpha value is -3.96. The van der Waals surface area contributed by atoms with Crippen LogP contribution in [0, 0.1) is 47.8 Å². The van der Waals surface area contributed by atoms with Gasteiger partial charge in [0.1, 0.15) is 6.07 Å². The van der Waals surface area contributed by atoms with E-state index in [-0.39, 0.29) is 12.2 Å². The summed E-state index contributed by atoms with van der Waals surface area (Å²) in [4.78, 5) is 14.7. The number of carbonyl (C=O) groups is 1. The molecular formula is C24H22N4O. The van der Waals surface area contributed by atoms with Crippen LogP contribution in [0.5, 0.6) is 0 Å². The number of carbonyl (C=O) groups excluding carboxylic acids is 1. The maximum Gasteiger partial charge on any atom is 0.164 e. The molecule has 2 N–H and O–H groups in total. The highest BCUT2D eigenvalue weighted by atomic mass is 16.1. The fraction of sp³-hybridized carbons (Fsp3) is 0.167. The van der Waals surface area contributed by atoms with Crippen molar-refractivity contribution in [3.63, 3.8) is 0 Å². The molecule has 0 aliphatic heterocycles. The smallest absolute Gasteiger partial charge is 0.164 e. The van der Waals surface area contributed by atoms with Gasteiger partial charge in [0.15, 0.2) is 5.78 Å². The van der Waals surface area contributed by atoms with Crippen molar-refractivity contribution in [3.8, 4) is 23.4 Å². The van der Waals surface area contributed by atoms with Crippen molar-refractivity contribution in [2.75, 3.05) is 0 Å². The molecule has 5 nitrogen and oxygen atoms in total. The zero-order valence-electron chi connectivity index (χ0n) is 16.4. The number of nitrogens with zero attached hydrogens (tertiary/aromatic N) is 2. The molecule has 0 saturated carbocycles. The molecule has 1 unspecified atom stereocenters. The van der Waals surface area contributed by atoms with E-state index in [0.29, 0.717) is 11.1 Å². The molecule has 0 aliphatic carbocycles. The highest BCUT2D eigenvalue weighted by molar-refractivity contribution is 5.97. The van der Waals surface area contributed by atoms with Gasteiger partial charge in [-0.1, -0.05) is 59.7 Å². The van der Waals surface area contributed by atoms with E-state index in [1.165, 1.54) is 5.56 Å². The average Bonchev–Trinajstić information content (AvgIpc) is 3.22. The lowest BCUT2D eigenvalue weighted by atomic mass is 10.00. The predicted octanol–water partition coefficient (Wildman–Crippen LogP) is 5.22. The lowest BCUT2D eigenvalue weighted by molar-refractivity contribution is 0.0978. The van der Waals surface area contributed by atoms with E-state index in [2.05, 4.69) is 30.1 Å². The molecule has 1 aromatic heterocycles. The number of H-pyrrole nitrogens is 1. The molecule has 144 valence electrons. The number of hydrogen-bond donors (Lipinski definition) is 2. The van der Waals surface area contributed by atoms with E-state index in [4.69, 9.17) is 15.9 Å². The lowest BCUT2D eigenvalue weighted by Crippen LogP contribution is -2.07. The second-order valence-corrected chi connectivity index (χ2v) is 6.68. The first-order chi connectivity index (χ1) is 14.0. The first-order valence-corrected chi connectivity index (χ1v) is 9.12. The van der Waals surface area contributed by atoms with Crippen LogP contribution in [-0.4, -0.2) is 17.0 Å². The van der Waals surface area contributed by atoms with Crippen molar-refractivity contribution in [2.24, 2.45) is 5.92 Å². The van der Waals surface area contributed by atoms with Crippen molar-refractivity contribution in [1.82, 2.24) is 4.98 Å². The number of aromatic nitrogens is 1. The molecule has 0 saturated heterocycles. The second-order valence-electron chi connectivity index (χ2n) is 6.68. The average molecular weight is 382 g/mol. The number of aryl methyl sites for hydroxylation is 2. The van der Waals surface area contributed by atoms with E-state index < -0.39 is 5.92 Å². The summed E-state index contributed by atoms with van der Waals surface area (Å²) in [6, 6.07) is 21.3. The minimum Gasteiger partial charge on any atom is -0.360 e. The zero-order chi connectivity index (χ0) is 21.2. The first-order valence-electron chi connectivity index (χ1n) is 9.12. The molecule has 1 atom stereocenters. The van der Waals surface area contributed by atoms with Gasteiger partial charge in [-0.25, -0.2) is 0 Å². The Morgan fingerprint density at radius 3 is 2.14 bits per heavy atom. The molecule has 0 fully saturated rings. The number of ketones is 1. The normalized spacial score (nSPS) is 10.6. The standard InChI is InChI=1S/C12H12N2O.C12H10N2/c1-9-2-4-11(5-3-9)12(15)6-10(7-13)8-14;1-9-2-4-11(5-3-9)12-6-10(7-13)8-14-12/h2-5,7,10,13H,6H2,1H3;2-6,8,14H,1H3. The summed E-state index contributed by atoms with van der Waals surface area (Å²) < 4.78 is 0. The Morgan fingerprint density at radius 2 is 1.66 bits per heavy atom. The van der Waals surface area contributed by atoms with Crippen LogP contribution in [0.25, 0.3) is 11.3 Å². The molecule has 29 heavy (non-hydrogen) atoms. The number of aromatic amines is 1. The van der Waals surface area contributed by atoms with E-state index in [1.807, 2.05) is 43.3 Å². The highest BCUT2D eigenvalue weighted by Gasteiger charge is 2.12.